The third kappa shape index (κ3) is 3.98. The maximum absolute atomic E-state index is 13.7. The topological polar surface area (TPSA) is 110 Å². The highest BCUT2D eigenvalue weighted by molar-refractivity contribution is 7.89. The van der Waals surface area contributed by atoms with Crippen LogP contribution >= 0.6 is 0 Å². The van der Waals surface area contributed by atoms with Gasteiger partial charge in [0.2, 0.25) is 10.0 Å². The number of anilines is 1. The van der Waals surface area contributed by atoms with E-state index in [1.807, 2.05) is 0 Å². The van der Waals surface area contributed by atoms with Gasteiger partial charge in [0.05, 0.1) is 15.5 Å². The predicted octanol–water partition coefficient (Wildman–Crippen LogP) is 2.24. The molecule has 0 spiro atoms. The van der Waals surface area contributed by atoms with E-state index in [4.69, 9.17) is 0 Å². The van der Waals surface area contributed by atoms with Crippen LogP contribution in [0.15, 0.2) is 47.4 Å². The Morgan fingerprint density at radius 3 is 2.28 bits per heavy atom. The van der Waals surface area contributed by atoms with Crippen molar-refractivity contribution < 1.29 is 22.5 Å². The lowest BCUT2D eigenvalue weighted by Gasteiger charge is -2.11. The fourth-order valence-electron chi connectivity index (χ4n) is 1.91. The molecule has 8 nitrogen and oxygen atoms in total. The standard InChI is InChI=1S/C15H14FN3O5S/c1-18(2)25(23,24)12-6-3-10(4-7-12)15(20)17-14-9-11(19(21)22)5-8-13(14)16/h3-9H,1-2H3,(H,17,20). The number of nitro groups is 1. The predicted molar refractivity (Wildman–Crippen MR) is 88.3 cm³/mol. The van der Waals surface area contributed by atoms with Crippen molar-refractivity contribution in [2.75, 3.05) is 19.4 Å². The lowest BCUT2D eigenvalue weighted by atomic mass is 10.2. The van der Waals surface area contributed by atoms with Crippen LogP contribution in [-0.4, -0.2) is 37.6 Å². The lowest BCUT2D eigenvalue weighted by Crippen LogP contribution is -2.22. The van der Waals surface area contributed by atoms with Crippen molar-refractivity contribution in [1.29, 1.82) is 0 Å². The number of hydrogen-bond acceptors (Lipinski definition) is 5. The normalized spacial score (nSPS) is 11.4. The quantitative estimate of drug-likeness (QED) is 0.644. The molecule has 25 heavy (non-hydrogen) atoms. The Labute approximate surface area is 143 Å². The number of nitro benzene ring substituents is 1. The number of sulfonamides is 1. The van der Waals surface area contributed by atoms with Crippen LogP contribution in [0.25, 0.3) is 0 Å². The number of rotatable bonds is 5. The van der Waals surface area contributed by atoms with E-state index in [0.717, 1.165) is 22.5 Å². The summed E-state index contributed by atoms with van der Waals surface area (Å²) in [5, 5.41) is 12.9. The first-order chi connectivity index (χ1) is 11.6. The SMILES string of the molecule is CN(C)S(=O)(=O)c1ccc(C(=O)Nc2cc([N+](=O)[O-])ccc2F)cc1. The molecule has 0 saturated carbocycles. The highest BCUT2D eigenvalue weighted by atomic mass is 32.2. The Morgan fingerprint density at radius 2 is 1.76 bits per heavy atom. The van der Waals surface area contributed by atoms with Crippen molar-refractivity contribution in [1.82, 2.24) is 4.31 Å². The van der Waals surface area contributed by atoms with Crippen LogP contribution in [0.2, 0.25) is 0 Å². The van der Waals surface area contributed by atoms with Crippen molar-refractivity contribution in [3.63, 3.8) is 0 Å². The summed E-state index contributed by atoms with van der Waals surface area (Å²) in [6.07, 6.45) is 0. The maximum atomic E-state index is 13.7. The second-order valence-corrected chi connectivity index (χ2v) is 7.34. The van der Waals surface area contributed by atoms with Crippen LogP contribution in [-0.2, 0) is 10.0 Å². The maximum Gasteiger partial charge on any atom is 0.271 e. The zero-order valence-electron chi connectivity index (χ0n) is 13.3. The number of benzene rings is 2. The summed E-state index contributed by atoms with van der Waals surface area (Å²) in [5.41, 5.74) is -0.642. The van der Waals surface area contributed by atoms with Crippen molar-refractivity contribution in [3.05, 3.63) is 64.0 Å². The largest absolute Gasteiger partial charge is 0.319 e. The van der Waals surface area contributed by atoms with Crippen LogP contribution < -0.4 is 5.32 Å². The minimum absolute atomic E-state index is 0.00409. The van der Waals surface area contributed by atoms with Crippen molar-refractivity contribution in [3.8, 4) is 0 Å². The first-order valence-electron chi connectivity index (χ1n) is 6.91. The fraction of sp³-hybridized carbons (Fsp3) is 0.133. The van der Waals surface area contributed by atoms with E-state index in [1.54, 1.807) is 0 Å². The van der Waals surface area contributed by atoms with Crippen molar-refractivity contribution in [2.45, 2.75) is 4.90 Å². The second kappa shape index (κ2) is 6.95. The summed E-state index contributed by atoms with van der Waals surface area (Å²) in [4.78, 5) is 22.1. The van der Waals surface area contributed by atoms with E-state index in [-0.39, 0.29) is 21.8 Å². The number of halogens is 1. The average Bonchev–Trinajstić information content (AvgIpc) is 2.56. The summed E-state index contributed by atoms with van der Waals surface area (Å²) >= 11 is 0. The van der Waals surface area contributed by atoms with Crippen LogP contribution in [0.4, 0.5) is 15.8 Å². The third-order valence-corrected chi connectivity index (χ3v) is 5.13. The molecule has 0 atom stereocenters. The molecule has 0 aliphatic rings. The van der Waals surface area contributed by atoms with Gasteiger partial charge in [-0.2, -0.15) is 0 Å². The Bertz CT molecular complexity index is 927. The number of non-ortho nitro benzene ring substituents is 1. The fourth-order valence-corrected chi connectivity index (χ4v) is 2.81. The first kappa shape index (κ1) is 18.5. The Balaban J connectivity index is 2.25. The molecule has 0 saturated heterocycles. The molecule has 0 unspecified atom stereocenters. The number of carbonyl (C=O) groups excluding carboxylic acids is 1. The monoisotopic (exact) mass is 367 g/mol. The summed E-state index contributed by atoms with van der Waals surface area (Å²) < 4.78 is 38.6. The van der Waals surface area contributed by atoms with E-state index in [1.165, 1.54) is 38.4 Å². The minimum Gasteiger partial charge on any atom is -0.319 e. The molecule has 2 aromatic rings. The molecule has 2 aromatic carbocycles. The summed E-state index contributed by atoms with van der Waals surface area (Å²) in [7, 11) is -0.881. The Hall–Kier alpha value is -2.85. The van der Waals surface area contributed by atoms with Gasteiger partial charge in [0.25, 0.3) is 11.6 Å². The molecule has 0 radical (unpaired) electrons. The van der Waals surface area contributed by atoms with Gasteiger partial charge in [-0.1, -0.05) is 0 Å². The van der Waals surface area contributed by atoms with Crippen LogP contribution in [0.5, 0.6) is 0 Å². The molecular formula is C15H14FN3O5S. The smallest absolute Gasteiger partial charge is 0.271 e. The van der Waals surface area contributed by atoms with Crippen LogP contribution in [0, 0.1) is 15.9 Å². The molecule has 10 heteroatoms. The molecule has 2 rings (SSSR count). The van der Waals surface area contributed by atoms with Crippen molar-refractivity contribution >= 4 is 27.3 Å². The molecule has 0 fully saturated rings. The second-order valence-electron chi connectivity index (χ2n) is 5.19. The lowest BCUT2D eigenvalue weighted by molar-refractivity contribution is -0.384. The highest BCUT2D eigenvalue weighted by Gasteiger charge is 2.18. The number of nitrogens with one attached hydrogen (secondary N) is 1. The molecule has 0 aliphatic carbocycles. The zero-order chi connectivity index (χ0) is 18.8. The van der Waals surface area contributed by atoms with Gasteiger partial charge in [-0.15, -0.1) is 0 Å². The van der Waals surface area contributed by atoms with Gasteiger partial charge in [-0.3, -0.25) is 14.9 Å². The summed E-state index contributed by atoms with van der Waals surface area (Å²) in [6.45, 7) is 0. The Kier molecular flexibility index (Phi) is 5.14. The molecule has 0 aliphatic heterocycles. The average molecular weight is 367 g/mol. The van der Waals surface area contributed by atoms with Crippen LogP contribution in [0.1, 0.15) is 10.4 Å². The van der Waals surface area contributed by atoms with Crippen molar-refractivity contribution in [2.24, 2.45) is 0 Å². The highest BCUT2D eigenvalue weighted by Crippen LogP contribution is 2.22. The number of carbonyl (C=O) groups is 1. The number of hydrogen-bond donors (Lipinski definition) is 1. The zero-order valence-corrected chi connectivity index (χ0v) is 14.1. The molecule has 0 aromatic heterocycles. The summed E-state index contributed by atoms with van der Waals surface area (Å²) in [5.74, 6) is -1.56. The van der Waals surface area contributed by atoms with E-state index >= 15 is 0 Å². The van der Waals surface area contributed by atoms with Gasteiger partial charge in [-0.25, -0.2) is 17.1 Å². The number of amides is 1. The van der Waals surface area contributed by atoms with Gasteiger partial charge in [0.1, 0.15) is 5.82 Å². The van der Waals surface area contributed by atoms with Crippen LogP contribution in [0.3, 0.4) is 0 Å². The molecule has 0 bridgehead atoms. The van der Waals surface area contributed by atoms with Gasteiger partial charge in [-0.05, 0) is 30.3 Å². The first-order valence-corrected chi connectivity index (χ1v) is 8.35. The minimum atomic E-state index is -3.63. The van der Waals surface area contributed by atoms with E-state index in [9.17, 15) is 27.7 Å². The van der Waals surface area contributed by atoms with Gasteiger partial charge in [0, 0.05) is 31.8 Å². The summed E-state index contributed by atoms with van der Waals surface area (Å²) in [6, 6.07) is 7.77. The third-order valence-electron chi connectivity index (χ3n) is 3.30. The van der Waals surface area contributed by atoms with Gasteiger partial charge < -0.3 is 5.32 Å². The molecule has 1 amide bonds. The number of nitrogens with zero attached hydrogens (tertiary/aromatic N) is 2. The molecule has 1 N–H and O–H groups in total. The molecular weight excluding hydrogens is 353 g/mol. The Morgan fingerprint density at radius 1 is 1.16 bits per heavy atom. The van der Waals surface area contributed by atoms with Gasteiger partial charge in [0.15, 0.2) is 0 Å². The van der Waals surface area contributed by atoms with E-state index in [2.05, 4.69) is 5.32 Å². The van der Waals surface area contributed by atoms with E-state index in [0.29, 0.717) is 0 Å². The molecule has 0 heterocycles. The molecule has 132 valence electrons. The van der Waals surface area contributed by atoms with E-state index < -0.39 is 26.7 Å². The van der Waals surface area contributed by atoms with Gasteiger partial charge >= 0.3 is 0 Å².